The van der Waals surface area contributed by atoms with Crippen molar-refractivity contribution in [1.29, 1.82) is 0 Å². The van der Waals surface area contributed by atoms with E-state index in [1.807, 2.05) is 11.8 Å². The van der Waals surface area contributed by atoms with Crippen LogP contribution < -0.4 is 15.8 Å². The first kappa shape index (κ1) is 30.0. The molecular formula is C47H41BN2S. The lowest BCUT2D eigenvalue weighted by Crippen LogP contribution is -2.57. The molecule has 0 radical (unpaired) electrons. The molecule has 4 heteroatoms. The fourth-order valence-corrected chi connectivity index (χ4v) is 11.0. The van der Waals surface area contributed by atoms with Gasteiger partial charge in [-0.05, 0) is 109 Å². The van der Waals surface area contributed by atoms with E-state index in [-0.39, 0.29) is 23.1 Å². The SMILES string of the molecule is CC(C)(C)c1ccc2c(c1)c1cc(C(C)(C)C)cc3c1n2B1c2cccc4c2N(c2ccccc2S4)c2cc4c(c-3c21)C(C)(C)c1ccccc1-4. The van der Waals surface area contributed by atoms with Crippen molar-refractivity contribution in [3.05, 3.63) is 125 Å². The molecule has 0 atom stereocenters. The number of aromatic nitrogens is 1. The Balaban J connectivity index is 1.39. The largest absolute Gasteiger partial charge is 0.375 e. The van der Waals surface area contributed by atoms with Gasteiger partial charge in [0, 0.05) is 48.3 Å². The lowest BCUT2D eigenvalue weighted by atomic mass is 9.44. The zero-order chi connectivity index (χ0) is 34.9. The Kier molecular flexibility index (Phi) is 5.53. The van der Waals surface area contributed by atoms with E-state index in [9.17, 15) is 0 Å². The third-order valence-corrected chi connectivity index (χ3v) is 13.5. The number of fused-ring (bicyclic) bond motifs is 13. The van der Waals surface area contributed by atoms with E-state index in [1.54, 1.807) is 0 Å². The molecule has 7 aromatic rings. The quantitative estimate of drug-likeness (QED) is 0.148. The van der Waals surface area contributed by atoms with E-state index >= 15 is 0 Å². The molecule has 0 N–H and O–H groups in total. The highest BCUT2D eigenvalue weighted by Crippen LogP contribution is 2.59. The fraction of sp³-hybridized carbons (Fsp3) is 0.234. The van der Waals surface area contributed by atoms with Crippen LogP contribution in [0.5, 0.6) is 0 Å². The summed E-state index contributed by atoms with van der Waals surface area (Å²) in [5.41, 5.74) is 20.6. The number of para-hydroxylation sites is 2. The van der Waals surface area contributed by atoms with Gasteiger partial charge in [-0.15, -0.1) is 0 Å². The second kappa shape index (κ2) is 9.41. The Morgan fingerprint density at radius 3 is 2.16 bits per heavy atom. The van der Waals surface area contributed by atoms with Crippen LogP contribution in [0.3, 0.4) is 0 Å². The van der Waals surface area contributed by atoms with Crippen molar-refractivity contribution in [1.82, 2.24) is 4.48 Å². The zero-order valence-corrected chi connectivity index (χ0v) is 31.5. The normalized spacial score (nSPS) is 15.8. The molecule has 3 aliphatic heterocycles. The van der Waals surface area contributed by atoms with Gasteiger partial charge in [0.2, 0.25) is 0 Å². The second-order valence-electron chi connectivity index (χ2n) is 17.8. The van der Waals surface area contributed by atoms with Crippen LogP contribution >= 0.6 is 11.8 Å². The maximum Gasteiger partial charge on any atom is 0.333 e. The first-order valence-electron chi connectivity index (χ1n) is 18.5. The van der Waals surface area contributed by atoms with Gasteiger partial charge in [-0.2, -0.15) is 0 Å². The van der Waals surface area contributed by atoms with Gasteiger partial charge >= 0.3 is 6.85 Å². The van der Waals surface area contributed by atoms with Gasteiger partial charge in [0.15, 0.2) is 0 Å². The van der Waals surface area contributed by atoms with Crippen LogP contribution in [0.1, 0.15) is 77.6 Å². The summed E-state index contributed by atoms with van der Waals surface area (Å²) < 4.78 is 2.74. The molecule has 1 aromatic heterocycles. The predicted molar refractivity (Wildman–Crippen MR) is 219 cm³/mol. The minimum absolute atomic E-state index is 0.0152. The van der Waals surface area contributed by atoms with Crippen molar-refractivity contribution >= 4 is 68.4 Å². The molecule has 4 heterocycles. The van der Waals surface area contributed by atoms with Crippen LogP contribution in [0, 0.1) is 0 Å². The number of benzene rings is 6. The Labute approximate surface area is 305 Å². The number of rotatable bonds is 0. The first-order valence-corrected chi connectivity index (χ1v) is 19.3. The van der Waals surface area contributed by atoms with Gasteiger partial charge in [-0.1, -0.05) is 122 Å². The first-order chi connectivity index (χ1) is 24.3. The molecule has 248 valence electrons. The van der Waals surface area contributed by atoms with Crippen LogP contribution in [0.4, 0.5) is 17.1 Å². The van der Waals surface area contributed by atoms with E-state index in [0.717, 1.165) is 0 Å². The molecule has 11 rings (SSSR count). The van der Waals surface area contributed by atoms with Crippen LogP contribution in [0.15, 0.2) is 113 Å². The summed E-state index contributed by atoms with van der Waals surface area (Å²) in [5, 5.41) is 2.74. The van der Waals surface area contributed by atoms with Crippen molar-refractivity contribution in [3.8, 4) is 22.3 Å². The van der Waals surface area contributed by atoms with Crippen LogP contribution in [-0.2, 0) is 16.2 Å². The maximum atomic E-state index is 2.74. The van der Waals surface area contributed by atoms with Crippen LogP contribution in [0.25, 0.3) is 44.1 Å². The van der Waals surface area contributed by atoms with E-state index in [1.165, 1.54) is 104 Å². The van der Waals surface area contributed by atoms with E-state index < -0.39 is 0 Å². The fourth-order valence-electron chi connectivity index (χ4n) is 9.95. The van der Waals surface area contributed by atoms with E-state index in [2.05, 4.69) is 168 Å². The predicted octanol–water partition coefficient (Wildman–Crippen LogP) is 11.6. The molecule has 0 unspecified atom stereocenters. The molecular weight excluding hydrogens is 635 g/mol. The van der Waals surface area contributed by atoms with Gasteiger partial charge in [0.05, 0.1) is 11.4 Å². The maximum absolute atomic E-state index is 2.74. The molecule has 0 amide bonds. The molecule has 0 saturated heterocycles. The molecule has 0 saturated carbocycles. The number of nitrogens with zero attached hydrogens (tertiary/aromatic N) is 2. The second-order valence-corrected chi connectivity index (χ2v) is 18.9. The third kappa shape index (κ3) is 3.67. The lowest BCUT2D eigenvalue weighted by molar-refractivity contribution is 0.590. The number of hydrogen-bond donors (Lipinski definition) is 0. The van der Waals surface area contributed by atoms with Gasteiger partial charge in [0.25, 0.3) is 0 Å². The van der Waals surface area contributed by atoms with E-state index in [0.29, 0.717) is 0 Å². The topological polar surface area (TPSA) is 8.17 Å². The summed E-state index contributed by atoms with van der Waals surface area (Å²) in [6.07, 6.45) is 0. The minimum Gasteiger partial charge on any atom is -0.375 e. The highest BCUT2D eigenvalue weighted by Gasteiger charge is 2.49. The summed E-state index contributed by atoms with van der Waals surface area (Å²) in [7, 11) is 0. The molecule has 0 spiro atoms. The van der Waals surface area contributed by atoms with Crippen molar-refractivity contribution in [3.63, 3.8) is 0 Å². The van der Waals surface area contributed by atoms with Crippen molar-refractivity contribution in [2.75, 3.05) is 4.90 Å². The highest BCUT2D eigenvalue weighted by atomic mass is 32.2. The highest BCUT2D eigenvalue weighted by molar-refractivity contribution is 7.99. The van der Waals surface area contributed by atoms with Gasteiger partial charge < -0.3 is 9.38 Å². The summed E-state index contributed by atoms with van der Waals surface area (Å²) in [6.45, 7) is 19.1. The Morgan fingerprint density at radius 2 is 1.35 bits per heavy atom. The van der Waals surface area contributed by atoms with Gasteiger partial charge in [-0.25, -0.2) is 0 Å². The average molecular weight is 677 g/mol. The zero-order valence-electron chi connectivity index (χ0n) is 30.7. The lowest BCUT2D eigenvalue weighted by Gasteiger charge is -2.45. The van der Waals surface area contributed by atoms with Crippen molar-refractivity contribution in [2.45, 2.75) is 81.4 Å². The van der Waals surface area contributed by atoms with Crippen LogP contribution in [0.2, 0.25) is 0 Å². The Hall–Kier alpha value is -4.67. The summed E-state index contributed by atoms with van der Waals surface area (Å²) in [4.78, 5) is 5.26. The van der Waals surface area contributed by atoms with Gasteiger partial charge in [0.1, 0.15) is 0 Å². The average Bonchev–Trinajstić information content (AvgIpc) is 3.55. The Morgan fingerprint density at radius 1 is 0.627 bits per heavy atom. The third-order valence-electron chi connectivity index (χ3n) is 12.4. The Bertz CT molecular complexity index is 2730. The van der Waals surface area contributed by atoms with Crippen LogP contribution in [-0.4, -0.2) is 11.3 Å². The molecule has 0 fully saturated rings. The minimum atomic E-state index is -0.156. The van der Waals surface area contributed by atoms with E-state index in [4.69, 9.17) is 0 Å². The van der Waals surface area contributed by atoms with Crippen molar-refractivity contribution in [2.24, 2.45) is 0 Å². The summed E-state index contributed by atoms with van der Waals surface area (Å²) in [5.74, 6) is 0. The molecule has 2 nitrogen and oxygen atoms in total. The molecule has 6 aromatic carbocycles. The van der Waals surface area contributed by atoms with Crippen molar-refractivity contribution < 1.29 is 0 Å². The smallest absolute Gasteiger partial charge is 0.333 e. The molecule has 1 aliphatic carbocycles. The summed E-state index contributed by atoms with van der Waals surface area (Å²) in [6, 6.07) is 40.2. The number of anilines is 3. The standard InChI is InChI=1S/C47H41BN2S/c1-45(2,3)26-20-21-35-29(22-26)31-23-27(46(4,5)6)24-32-40-41-30(28-14-9-10-15-33(28)47(41,7)8)25-37-42(40)48(50(35)43(31)32)34-16-13-19-39-44(34)49(37)36-17-11-12-18-38(36)51-39/h9-25H,1-8H3. The molecule has 51 heavy (non-hydrogen) atoms. The number of hydrogen-bond acceptors (Lipinski definition) is 2. The summed E-state index contributed by atoms with van der Waals surface area (Å²) >= 11 is 1.92. The monoisotopic (exact) mass is 676 g/mol. The molecule has 0 bridgehead atoms. The van der Waals surface area contributed by atoms with Gasteiger partial charge in [-0.3, -0.25) is 0 Å². The molecule has 4 aliphatic rings.